The highest BCUT2D eigenvalue weighted by atomic mass is 16.5. The van der Waals surface area contributed by atoms with Crippen LogP contribution < -0.4 is 5.32 Å². The Hall–Kier alpha value is -2.82. The number of hydrogen-bond acceptors (Lipinski definition) is 3. The van der Waals surface area contributed by atoms with Crippen LogP contribution in [0.3, 0.4) is 0 Å². The van der Waals surface area contributed by atoms with Crippen molar-refractivity contribution in [3.8, 4) is 11.1 Å². The zero-order valence-electron chi connectivity index (χ0n) is 15.5. The standard InChI is InChI=1S/C23H23NO4/c25-22(26)20-13-9-10-14(11-13)21(20)24-23(27)28-12-19-17-7-3-1-5-15(17)16-6-2-4-8-18(16)19/h1-8,13-14,19-21H,9-12H2,(H,24,27)(H,25,26)/t13-,14-,20+,21+/m0/s1. The number of fused-ring (bicyclic) bond motifs is 5. The van der Waals surface area contributed by atoms with Crippen LogP contribution in [0.5, 0.6) is 0 Å². The molecule has 5 nitrogen and oxygen atoms in total. The molecule has 3 aliphatic carbocycles. The molecule has 0 spiro atoms. The van der Waals surface area contributed by atoms with Crippen LogP contribution in [-0.2, 0) is 9.53 Å². The van der Waals surface area contributed by atoms with E-state index in [-0.39, 0.29) is 30.4 Å². The van der Waals surface area contributed by atoms with E-state index in [1.165, 1.54) is 22.3 Å². The molecule has 28 heavy (non-hydrogen) atoms. The maximum atomic E-state index is 12.5. The second-order valence-electron chi connectivity index (χ2n) is 8.19. The fourth-order valence-corrected chi connectivity index (χ4v) is 5.63. The second kappa shape index (κ2) is 6.66. The van der Waals surface area contributed by atoms with Gasteiger partial charge in [-0.05, 0) is 53.4 Å². The summed E-state index contributed by atoms with van der Waals surface area (Å²) in [4.78, 5) is 24.1. The van der Waals surface area contributed by atoms with Gasteiger partial charge in [0.2, 0.25) is 0 Å². The predicted octanol–water partition coefficient (Wildman–Crippen LogP) is 4.02. The van der Waals surface area contributed by atoms with E-state index in [0.717, 1.165) is 19.3 Å². The van der Waals surface area contributed by atoms with Crippen molar-refractivity contribution in [1.82, 2.24) is 5.32 Å². The fourth-order valence-electron chi connectivity index (χ4n) is 5.63. The lowest BCUT2D eigenvalue weighted by atomic mass is 9.84. The highest BCUT2D eigenvalue weighted by Gasteiger charge is 2.51. The van der Waals surface area contributed by atoms with Crippen LogP contribution in [-0.4, -0.2) is 29.8 Å². The Morgan fingerprint density at radius 2 is 1.57 bits per heavy atom. The Balaban J connectivity index is 1.29. The molecule has 2 bridgehead atoms. The highest BCUT2D eigenvalue weighted by Crippen LogP contribution is 2.49. The second-order valence-corrected chi connectivity index (χ2v) is 8.19. The summed E-state index contributed by atoms with van der Waals surface area (Å²) in [6, 6.07) is 16.1. The molecule has 2 fully saturated rings. The average molecular weight is 377 g/mol. The van der Waals surface area contributed by atoms with E-state index in [1.807, 2.05) is 24.3 Å². The van der Waals surface area contributed by atoms with Crippen LogP contribution >= 0.6 is 0 Å². The summed E-state index contributed by atoms with van der Waals surface area (Å²) >= 11 is 0. The number of benzene rings is 2. The molecule has 0 aromatic heterocycles. The van der Waals surface area contributed by atoms with Crippen LogP contribution in [0.4, 0.5) is 4.79 Å². The first-order valence-electron chi connectivity index (χ1n) is 9.98. The van der Waals surface area contributed by atoms with Gasteiger partial charge < -0.3 is 15.2 Å². The summed E-state index contributed by atoms with van der Waals surface area (Å²) in [7, 11) is 0. The summed E-state index contributed by atoms with van der Waals surface area (Å²) in [6.07, 6.45) is 2.32. The van der Waals surface area contributed by atoms with Gasteiger partial charge in [0.1, 0.15) is 6.61 Å². The number of carbonyl (C=O) groups is 2. The van der Waals surface area contributed by atoms with Gasteiger partial charge in [-0.15, -0.1) is 0 Å². The molecule has 2 saturated carbocycles. The smallest absolute Gasteiger partial charge is 0.407 e. The number of alkyl carbamates (subject to hydrolysis) is 1. The lowest BCUT2D eigenvalue weighted by molar-refractivity contribution is -0.144. The summed E-state index contributed by atoms with van der Waals surface area (Å²) in [5, 5.41) is 12.4. The minimum absolute atomic E-state index is 0.00782. The van der Waals surface area contributed by atoms with Crippen molar-refractivity contribution in [2.75, 3.05) is 6.61 Å². The number of nitrogens with one attached hydrogen (secondary N) is 1. The Morgan fingerprint density at radius 3 is 2.21 bits per heavy atom. The zero-order chi connectivity index (χ0) is 19.3. The van der Waals surface area contributed by atoms with Gasteiger partial charge in [-0.3, -0.25) is 4.79 Å². The van der Waals surface area contributed by atoms with Gasteiger partial charge in [0.15, 0.2) is 0 Å². The third kappa shape index (κ3) is 2.68. The number of carboxylic acids is 1. The summed E-state index contributed by atoms with van der Waals surface area (Å²) in [6.45, 7) is 0.248. The number of carboxylic acid groups (broad SMARTS) is 1. The van der Waals surface area contributed by atoms with E-state index < -0.39 is 18.0 Å². The van der Waals surface area contributed by atoms with Gasteiger partial charge in [0.25, 0.3) is 0 Å². The van der Waals surface area contributed by atoms with Crippen LogP contribution in [0.2, 0.25) is 0 Å². The van der Waals surface area contributed by atoms with Crippen LogP contribution in [0, 0.1) is 17.8 Å². The first-order chi connectivity index (χ1) is 13.6. The Labute approximate surface area is 163 Å². The van der Waals surface area contributed by atoms with Crippen LogP contribution in [0.1, 0.15) is 36.3 Å². The maximum absolute atomic E-state index is 12.5. The lowest BCUT2D eigenvalue weighted by Crippen LogP contribution is -2.47. The number of rotatable bonds is 4. The highest BCUT2D eigenvalue weighted by molar-refractivity contribution is 5.79. The maximum Gasteiger partial charge on any atom is 0.407 e. The lowest BCUT2D eigenvalue weighted by Gasteiger charge is -2.28. The Bertz CT molecular complexity index is 894. The number of hydrogen-bond donors (Lipinski definition) is 2. The van der Waals surface area contributed by atoms with E-state index in [9.17, 15) is 14.7 Å². The van der Waals surface area contributed by atoms with Crippen molar-refractivity contribution in [3.05, 3.63) is 59.7 Å². The first-order valence-corrected chi connectivity index (χ1v) is 9.98. The Kier molecular flexibility index (Phi) is 4.11. The number of aliphatic carboxylic acids is 1. The SMILES string of the molecule is O=C(N[C@@H]1[C@H]2CC[C@@H](C2)[C@H]1C(=O)O)OCC1c2ccccc2-c2ccccc21. The summed E-state index contributed by atoms with van der Waals surface area (Å²) in [5.74, 6) is -0.850. The van der Waals surface area contributed by atoms with Gasteiger partial charge in [0.05, 0.1) is 5.92 Å². The third-order valence-electron chi connectivity index (χ3n) is 6.83. The minimum atomic E-state index is -0.809. The van der Waals surface area contributed by atoms with Gasteiger partial charge >= 0.3 is 12.1 Å². The molecule has 1 amide bonds. The molecular formula is C23H23NO4. The molecule has 0 radical (unpaired) electrons. The van der Waals surface area contributed by atoms with Crippen molar-refractivity contribution in [1.29, 1.82) is 0 Å². The van der Waals surface area contributed by atoms with Crippen LogP contribution in [0.25, 0.3) is 11.1 Å². The van der Waals surface area contributed by atoms with Gasteiger partial charge in [-0.2, -0.15) is 0 Å². The van der Waals surface area contributed by atoms with Gasteiger partial charge in [-0.25, -0.2) is 4.79 Å². The Morgan fingerprint density at radius 1 is 0.964 bits per heavy atom. The summed E-state index contributed by atoms with van der Waals surface area (Å²) in [5.41, 5.74) is 4.71. The fraction of sp³-hybridized carbons (Fsp3) is 0.391. The molecule has 0 heterocycles. The molecule has 144 valence electrons. The predicted molar refractivity (Wildman–Crippen MR) is 104 cm³/mol. The van der Waals surface area contributed by atoms with Crippen molar-refractivity contribution in [2.24, 2.45) is 17.8 Å². The largest absolute Gasteiger partial charge is 0.481 e. The van der Waals surface area contributed by atoms with E-state index in [4.69, 9.17) is 4.74 Å². The van der Waals surface area contributed by atoms with Crippen molar-refractivity contribution in [2.45, 2.75) is 31.2 Å². The van der Waals surface area contributed by atoms with E-state index >= 15 is 0 Å². The number of ether oxygens (including phenoxy) is 1. The molecule has 0 unspecified atom stereocenters. The molecule has 5 heteroatoms. The van der Waals surface area contributed by atoms with Crippen LogP contribution in [0.15, 0.2) is 48.5 Å². The molecule has 5 rings (SSSR count). The number of carbonyl (C=O) groups excluding carboxylic acids is 1. The number of amides is 1. The normalized spacial score (nSPS) is 27.3. The topological polar surface area (TPSA) is 75.6 Å². The zero-order valence-corrected chi connectivity index (χ0v) is 15.5. The first kappa shape index (κ1) is 17.3. The minimum Gasteiger partial charge on any atom is -0.481 e. The summed E-state index contributed by atoms with van der Waals surface area (Å²) < 4.78 is 5.59. The van der Waals surface area contributed by atoms with Crippen molar-refractivity contribution in [3.63, 3.8) is 0 Å². The monoisotopic (exact) mass is 377 g/mol. The molecule has 3 aliphatic rings. The third-order valence-corrected chi connectivity index (χ3v) is 6.83. The van der Waals surface area contributed by atoms with E-state index in [1.54, 1.807) is 0 Å². The quantitative estimate of drug-likeness (QED) is 0.844. The van der Waals surface area contributed by atoms with Gasteiger partial charge in [0, 0.05) is 12.0 Å². The molecule has 0 saturated heterocycles. The van der Waals surface area contributed by atoms with Gasteiger partial charge in [-0.1, -0.05) is 48.5 Å². The average Bonchev–Trinajstić information content (AvgIpc) is 3.38. The molecular weight excluding hydrogens is 354 g/mol. The molecule has 2 aromatic rings. The molecule has 2 N–H and O–H groups in total. The van der Waals surface area contributed by atoms with Crippen molar-refractivity contribution >= 4 is 12.1 Å². The van der Waals surface area contributed by atoms with Crippen molar-refractivity contribution < 1.29 is 19.4 Å². The molecule has 0 aliphatic heterocycles. The molecule has 2 aromatic carbocycles. The molecule has 4 atom stereocenters. The van der Waals surface area contributed by atoms with E-state index in [0.29, 0.717) is 0 Å². The van der Waals surface area contributed by atoms with E-state index in [2.05, 4.69) is 29.6 Å².